The van der Waals surface area contributed by atoms with Crippen molar-refractivity contribution in [2.75, 3.05) is 11.9 Å². The molecule has 5 heteroatoms. The van der Waals surface area contributed by atoms with Crippen molar-refractivity contribution >= 4 is 11.7 Å². The van der Waals surface area contributed by atoms with E-state index in [9.17, 15) is 13.6 Å². The Hall–Kier alpha value is -1.91. The number of allylic oxidation sites excluding steroid dienone is 1. The predicted molar refractivity (Wildman–Crippen MR) is 74.5 cm³/mol. The molecule has 20 heavy (non-hydrogen) atoms. The van der Waals surface area contributed by atoms with Crippen LogP contribution in [0.15, 0.2) is 29.8 Å². The molecule has 1 aliphatic carbocycles. The standard InChI is InChI=1S/C15H18F2N2O/c16-12-7-4-8-13(17)14(12)19-15(20)18-10-9-11-5-2-1-3-6-11/h4-5,7-8H,1-3,6,9-10H2,(H2,18,19,20). The van der Waals surface area contributed by atoms with Gasteiger partial charge in [0, 0.05) is 6.54 Å². The topological polar surface area (TPSA) is 41.1 Å². The Kier molecular flexibility index (Phi) is 5.09. The number of carbonyl (C=O) groups is 1. The molecule has 0 atom stereocenters. The molecular formula is C15H18F2N2O. The lowest BCUT2D eigenvalue weighted by Crippen LogP contribution is -2.30. The van der Waals surface area contributed by atoms with Crippen LogP contribution in [0.5, 0.6) is 0 Å². The molecule has 1 aromatic rings. The van der Waals surface area contributed by atoms with E-state index in [-0.39, 0.29) is 0 Å². The van der Waals surface area contributed by atoms with Gasteiger partial charge in [0.2, 0.25) is 0 Å². The second kappa shape index (κ2) is 7.03. The molecule has 0 spiro atoms. The lowest BCUT2D eigenvalue weighted by atomic mass is 9.97. The van der Waals surface area contributed by atoms with E-state index in [0.29, 0.717) is 6.54 Å². The summed E-state index contributed by atoms with van der Waals surface area (Å²) in [4.78, 5) is 11.6. The monoisotopic (exact) mass is 280 g/mol. The average Bonchev–Trinajstić information content (AvgIpc) is 2.44. The van der Waals surface area contributed by atoms with Gasteiger partial charge < -0.3 is 10.6 Å². The van der Waals surface area contributed by atoms with E-state index in [0.717, 1.165) is 31.4 Å². The van der Waals surface area contributed by atoms with Gasteiger partial charge in [0.15, 0.2) is 0 Å². The first-order chi connectivity index (χ1) is 9.66. The zero-order valence-corrected chi connectivity index (χ0v) is 11.2. The van der Waals surface area contributed by atoms with Gasteiger partial charge in [-0.2, -0.15) is 0 Å². The van der Waals surface area contributed by atoms with Gasteiger partial charge in [-0.25, -0.2) is 13.6 Å². The molecule has 108 valence electrons. The summed E-state index contributed by atoms with van der Waals surface area (Å²) in [5, 5.41) is 4.81. The fraction of sp³-hybridized carbons (Fsp3) is 0.400. The van der Waals surface area contributed by atoms with Crippen LogP contribution in [-0.2, 0) is 0 Å². The van der Waals surface area contributed by atoms with Crippen LogP contribution in [0.4, 0.5) is 19.3 Å². The Morgan fingerprint density at radius 3 is 2.60 bits per heavy atom. The van der Waals surface area contributed by atoms with Gasteiger partial charge in [0.25, 0.3) is 0 Å². The molecule has 0 heterocycles. The van der Waals surface area contributed by atoms with Crippen LogP contribution >= 0.6 is 0 Å². The van der Waals surface area contributed by atoms with Crippen molar-refractivity contribution in [2.45, 2.75) is 32.1 Å². The summed E-state index contributed by atoms with van der Waals surface area (Å²) < 4.78 is 26.7. The largest absolute Gasteiger partial charge is 0.338 e. The van der Waals surface area contributed by atoms with Crippen LogP contribution < -0.4 is 10.6 Å². The van der Waals surface area contributed by atoms with Crippen molar-refractivity contribution < 1.29 is 13.6 Å². The molecule has 0 saturated heterocycles. The Bertz CT molecular complexity index is 494. The molecule has 2 rings (SSSR count). The Morgan fingerprint density at radius 2 is 1.95 bits per heavy atom. The third-order valence-electron chi connectivity index (χ3n) is 3.32. The van der Waals surface area contributed by atoms with Crippen LogP contribution in [0, 0.1) is 11.6 Å². The quantitative estimate of drug-likeness (QED) is 0.805. The van der Waals surface area contributed by atoms with E-state index >= 15 is 0 Å². The Labute approximate surface area is 117 Å². The van der Waals surface area contributed by atoms with Gasteiger partial charge in [-0.15, -0.1) is 0 Å². The first-order valence-electron chi connectivity index (χ1n) is 6.83. The van der Waals surface area contributed by atoms with Crippen molar-refractivity contribution in [3.63, 3.8) is 0 Å². The number of hydrogen-bond acceptors (Lipinski definition) is 1. The first kappa shape index (κ1) is 14.5. The summed E-state index contributed by atoms with van der Waals surface area (Å²) in [6.07, 6.45) is 7.59. The van der Waals surface area contributed by atoms with Crippen molar-refractivity contribution in [2.24, 2.45) is 0 Å². The maximum Gasteiger partial charge on any atom is 0.319 e. The van der Waals surface area contributed by atoms with Crippen LogP contribution in [-0.4, -0.2) is 12.6 Å². The molecule has 1 aliphatic rings. The average molecular weight is 280 g/mol. The lowest BCUT2D eigenvalue weighted by Gasteiger charge is -2.13. The second-order valence-electron chi connectivity index (χ2n) is 4.84. The number of para-hydroxylation sites is 1. The normalized spacial score (nSPS) is 14.6. The molecule has 2 N–H and O–H groups in total. The zero-order valence-electron chi connectivity index (χ0n) is 11.2. The molecular weight excluding hydrogens is 262 g/mol. The summed E-state index contributed by atoms with van der Waals surface area (Å²) in [5.41, 5.74) is 0.926. The van der Waals surface area contributed by atoms with Crippen molar-refractivity contribution in [1.29, 1.82) is 0 Å². The van der Waals surface area contributed by atoms with Gasteiger partial charge in [-0.1, -0.05) is 17.7 Å². The van der Waals surface area contributed by atoms with Crippen molar-refractivity contribution in [3.05, 3.63) is 41.5 Å². The summed E-state index contributed by atoms with van der Waals surface area (Å²) in [6, 6.07) is 2.87. The summed E-state index contributed by atoms with van der Waals surface area (Å²) in [5.74, 6) is -1.56. The van der Waals surface area contributed by atoms with Gasteiger partial charge >= 0.3 is 6.03 Å². The number of anilines is 1. The van der Waals surface area contributed by atoms with Crippen LogP contribution in [0.3, 0.4) is 0 Å². The molecule has 1 aromatic carbocycles. The number of benzene rings is 1. The summed E-state index contributed by atoms with van der Waals surface area (Å²) in [7, 11) is 0. The van der Waals surface area contributed by atoms with E-state index in [1.807, 2.05) is 0 Å². The maximum atomic E-state index is 13.3. The number of hydrogen-bond donors (Lipinski definition) is 2. The summed E-state index contributed by atoms with van der Waals surface area (Å²) >= 11 is 0. The molecule has 2 amide bonds. The van der Waals surface area contributed by atoms with Crippen molar-refractivity contribution in [1.82, 2.24) is 5.32 Å². The fourth-order valence-corrected chi connectivity index (χ4v) is 2.24. The number of halogens is 2. The number of amides is 2. The SMILES string of the molecule is O=C(NCCC1=CCCCC1)Nc1c(F)cccc1F. The van der Waals surface area contributed by atoms with Gasteiger partial charge in [-0.05, 0) is 44.2 Å². The minimum Gasteiger partial charge on any atom is -0.338 e. The van der Waals surface area contributed by atoms with Crippen LogP contribution in [0.1, 0.15) is 32.1 Å². The van der Waals surface area contributed by atoms with Gasteiger partial charge in [-0.3, -0.25) is 0 Å². The van der Waals surface area contributed by atoms with Gasteiger partial charge in [0.05, 0.1) is 0 Å². The van der Waals surface area contributed by atoms with Crippen LogP contribution in [0.25, 0.3) is 0 Å². The number of carbonyl (C=O) groups excluding carboxylic acids is 1. The van der Waals surface area contributed by atoms with Crippen molar-refractivity contribution in [3.8, 4) is 0 Å². The molecule has 0 bridgehead atoms. The Morgan fingerprint density at radius 1 is 1.20 bits per heavy atom. The highest BCUT2D eigenvalue weighted by Gasteiger charge is 2.11. The number of rotatable bonds is 4. The second-order valence-corrected chi connectivity index (χ2v) is 4.84. The molecule has 0 aromatic heterocycles. The molecule has 0 unspecified atom stereocenters. The molecule has 0 saturated carbocycles. The third kappa shape index (κ3) is 4.05. The Balaban J connectivity index is 1.79. The third-order valence-corrected chi connectivity index (χ3v) is 3.32. The van der Waals surface area contributed by atoms with E-state index < -0.39 is 23.4 Å². The van der Waals surface area contributed by atoms with E-state index in [4.69, 9.17) is 0 Å². The molecule has 3 nitrogen and oxygen atoms in total. The van der Waals surface area contributed by atoms with E-state index in [1.165, 1.54) is 24.5 Å². The predicted octanol–water partition coefficient (Wildman–Crippen LogP) is 3.98. The minimum atomic E-state index is -0.782. The van der Waals surface area contributed by atoms with E-state index in [2.05, 4.69) is 16.7 Å². The lowest BCUT2D eigenvalue weighted by molar-refractivity contribution is 0.252. The molecule has 0 aliphatic heterocycles. The molecule has 0 fully saturated rings. The number of urea groups is 1. The van der Waals surface area contributed by atoms with E-state index in [1.54, 1.807) is 0 Å². The highest BCUT2D eigenvalue weighted by Crippen LogP contribution is 2.20. The minimum absolute atomic E-state index is 0.415. The fourth-order valence-electron chi connectivity index (χ4n) is 2.24. The van der Waals surface area contributed by atoms with Crippen LogP contribution in [0.2, 0.25) is 0 Å². The highest BCUT2D eigenvalue weighted by molar-refractivity contribution is 5.89. The highest BCUT2D eigenvalue weighted by atomic mass is 19.1. The first-order valence-corrected chi connectivity index (χ1v) is 6.83. The van der Waals surface area contributed by atoms with Gasteiger partial charge in [0.1, 0.15) is 17.3 Å². The smallest absolute Gasteiger partial charge is 0.319 e. The zero-order chi connectivity index (χ0) is 14.4. The summed E-state index contributed by atoms with van der Waals surface area (Å²) in [6.45, 7) is 0.466. The number of nitrogens with one attached hydrogen (secondary N) is 2. The maximum absolute atomic E-state index is 13.3. The molecule has 0 radical (unpaired) electrons.